The molecule has 0 saturated carbocycles. The van der Waals surface area contributed by atoms with Crippen LogP contribution in [0.3, 0.4) is 0 Å². The standard InChI is InChI=1S/C12H20N4O/c1-9(10-7-14-16(2)8-10)15-12(17)11-5-3-4-6-13-11/h7-9,11,13H,3-6H2,1-2H3,(H,15,17). The van der Waals surface area contributed by atoms with E-state index in [9.17, 15) is 4.79 Å². The molecule has 1 aliphatic heterocycles. The van der Waals surface area contributed by atoms with Gasteiger partial charge in [-0.15, -0.1) is 0 Å². The number of amides is 1. The predicted molar refractivity (Wildman–Crippen MR) is 65.4 cm³/mol. The first-order valence-electron chi connectivity index (χ1n) is 6.19. The summed E-state index contributed by atoms with van der Waals surface area (Å²) in [4.78, 5) is 12.0. The Kier molecular flexibility index (Phi) is 3.78. The summed E-state index contributed by atoms with van der Waals surface area (Å²) in [6.45, 7) is 2.93. The maximum absolute atomic E-state index is 12.0. The molecule has 1 aromatic heterocycles. The zero-order chi connectivity index (χ0) is 12.3. The Morgan fingerprint density at radius 1 is 1.65 bits per heavy atom. The van der Waals surface area contributed by atoms with Crippen molar-refractivity contribution in [2.24, 2.45) is 7.05 Å². The van der Waals surface area contributed by atoms with Crippen molar-refractivity contribution in [2.45, 2.75) is 38.3 Å². The van der Waals surface area contributed by atoms with Crippen LogP contribution in [0.4, 0.5) is 0 Å². The first-order valence-corrected chi connectivity index (χ1v) is 6.19. The molecule has 0 spiro atoms. The van der Waals surface area contributed by atoms with Crippen molar-refractivity contribution in [2.75, 3.05) is 6.54 Å². The van der Waals surface area contributed by atoms with Crippen molar-refractivity contribution in [3.05, 3.63) is 18.0 Å². The van der Waals surface area contributed by atoms with Crippen molar-refractivity contribution in [3.63, 3.8) is 0 Å². The second-order valence-electron chi connectivity index (χ2n) is 4.68. The Morgan fingerprint density at radius 3 is 3.06 bits per heavy atom. The highest BCUT2D eigenvalue weighted by molar-refractivity contribution is 5.82. The smallest absolute Gasteiger partial charge is 0.237 e. The molecule has 2 atom stereocenters. The molecule has 0 aromatic carbocycles. The summed E-state index contributed by atoms with van der Waals surface area (Å²) in [5.41, 5.74) is 1.04. The van der Waals surface area contributed by atoms with E-state index in [-0.39, 0.29) is 18.0 Å². The van der Waals surface area contributed by atoms with Crippen LogP contribution >= 0.6 is 0 Å². The number of piperidine rings is 1. The second kappa shape index (κ2) is 5.31. The maximum atomic E-state index is 12.0. The molecule has 5 heteroatoms. The van der Waals surface area contributed by atoms with Gasteiger partial charge in [-0.1, -0.05) is 6.42 Å². The van der Waals surface area contributed by atoms with Gasteiger partial charge in [-0.05, 0) is 26.3 Å². The largest absolute Gasteiger partial charge is 0.348 e. The summed E-state index contributed by atoms with van der Waals surface area (Å²) in [6, 6.07) is -0.0113. The van der Waals surface area contributed by atoms with Gasteiger partial charge in [0.2, 0.25) is 5.91 Å². The van der Waals surface area contributed by atoms with Gasteiger partial charge in [-0.2, -0.15) is 5.10 Å². The van der Waals surface area contributed by atoms with Crippen molar-refractivity contribution >= 4 is 5.91 Å². The monoisotopic (exact) mass is 236 g/mol. The summed E-state index contributed by atoms with van der Waals surface area (Å²) in [5.74, 6) is 0.0982. The lowest BCUT2D eigenvalue weighted by Gasteiger charge is -2.24. The van der Waals surface area contributed by atoms with Crippen LogP contribution < -0.4 is 10.6 Å². The van der Waals surface area contributed by atoms with Crippen LogP contribution in [0.2, 0.25) is 0 Å². The van der Waals surface area contributed by atoms with Crippen molar-refractivity contribution < 1.29 is 4.79 Å². The summed E-state index contributed by atoms with van der Waals surface area (Å²) in [7, 11) is 1.88. The highest BCUT2D eigenvalue weighted by Crippen LogP contribution is 2.12. The van der Waals surface area contributed by atoms with Crippen LogP contribution in [0.1, 0.15) is 37.8 Å². The molecule has 1 aliphatic rings. The zero-order valence-electron chi connectivity index (χ0n) is 10.4. The third kappa shape index (κ3) is 3.06. The van der Waals surface area contributed by atoms with E-state index in [2.05, 4.69) is 15.7 Å². The summed E-state index contributed by atoms with van der Waals surface area (Å²) in [6.07, 6.45) is 6.96. The fourth-order valence-electron chi connectivity index (χ4n) is 2.14. The summed E-state index contributed by atoms with van der Waals surface area (Å²) in [5, 5.41) is 10.4. The lowest BCUT2D eigenvalue weighted by Crippen LogP contribution is -2.47. The Hall–Kier alpha value is -1.36. The average molecular weight is 236 g/mol. The van der Waals surface area contributed by atoms with E-state index in [0.29, 0.717) is 0 Å². The number of nitrogens with zero attached hydrogens (tertiary/aromatic N) is 2. The molecule has 5 nitrogen and oxygen atoms in total. The summed E-state index contributed by atoms with van der Waals surface area (Å²) < 4.78 is 1.75. The molecule has 0 bridgehead atoms. The van der Waals surface area contributed by atoms with E-state index in [4.69, 9.17) is 0 Å². The number of hydrogen-bond donors (Lipinski definition) is 2. The van der Waals surface area contributed by atoms with Gasteiger partial charge in [0.15, 0.2) is 0 Å². The van der Waals surface area contributed by atoms with E-state index in [1.165, 1.54) is 6.42 Å². The number of nitrogens with one attached hydrogen (secondary N) is 2. The molecule has 2 unspecified atom stereocenters. The van der Waals surface area contributed by atoms with Gasteiger partial charge in [0, 0.05) is 18.8 Å². The van der Waals surface area contributed by atoms with E-state index in [0.717, 1.165) is 24.9 Å². The molecular weight excluding hydrogens is 216 g/mol. The fraction of sp³-hybridized carbons (Fsp3) is 0.667. The molecule has 0 aliphatic carbocycles. The molecule has 1 saturated heterocycles. The lowest BCUT2D eigenvalue weighted by atomic mass is 10.0. The van der Waals surface area contributed by atoms with Gasteiger partial charge in [0.25, 0.3) is 0 Å². The normalized spacial score (nSPS) is 22.1. The van der Waals surface area contributed by atoms with Crippen LogP contribution in [0.5, 0.6) is 0 Å². The molecular formula is C12H20N4O. The van der Waals surface area contributed by atoms with E-state index in [1.54, 1.807) is 10.9 Å². The maximum Gasteiger partial charge on any atom is 0.237 e. The first kappa shape index (κ1) is 12.1. The fourth-order valence-corrected chi connectivity index (χ4v) is 2.14. The average Bonchev–Trinajstić information content (AvgIpc) is 2.77. The van der Waals surface area contributed by atoms with Gasteiger partial charge < -0.3 is 10.6 Å². The van der Waals surface area contributed by atoms with Crippen LogP contribution in [-0.4, -0.2) is 28.3 Å². The summed E-state index contributed by atoms with van der Waals surface area (Å²) >= 11 is 0. The number of aromatic nitrogens is 2. The highest BCUT2D eigenvalue weighted by atomic mass is 16.2. The van der Waals surface area contributed by atoms with Gasteiger partial charge in [-0.3, -0.25) is 9.48 Å². The number of rotatable bonds is 3. The Labute approximate surface area is 102 Å². The minimum absolute atomic E-state index is 0.0138. The molecule has 0 radical (unpaired) electrons. The van der Waals surface area contributed by atoms with Crippen LogP contribution in [-0.2, 0) is 11.8 Å². The van der Waals surface area contributed by atoms with E-state index >= 15 is 0 Å². The molecule has 1 amide bonds. The SMILES string of the molecule is CC(NC(=O)C1CCCCN1)c1cnn(C)c1. The third-order valence-corrected chi connectivity index (χ3v) is 3.21. The number of carbonyl (C=O) groups excluding carboxylic acids is 1. The van der Waals surface area contributed by atoms with Gasteiger partial charge in [0.05, 0.1) is 18.3 Å². The minimum atomic E-state index is -0.0251. The topological polar surface area (TPSA) is 59.0 Å². The first-order chi connectivity index (χ1) is 8.16. The third-order valence-electron chi connectivity index (χ3n) is 3.21. The van der Waals surface area contributed by atoms with Gasteiger partial charge in [-0.25, -0.2) is 0 Å². The zero-order valence-corrected chi connectivity index (χ0v) is 10.4. The Balaban J connectivity index is 1.89. The number of carbonyl (C=O) groups is 1. The second-order valence-corrected chi connectivity index (χ2v) is 4.68. The number of aryl methyl sites for hydroxylation is 1. The highest BCUT2D eigenvalue weighted by Gasteiger charge is 2.22. The van der Waals surface area contributed by atoms with Gasteiger partial charge >= 0.3 is 0 Å². The number of hydrogen-bond acceptors (Lipinski definition) is 3. The van der Waals surface area contributed by atoms with Crippen LogP contribution in [0, 0.1) is 0 Å². The molecule has 2 rings (SSSR count). The van der Waals surface area contributed by atoms with Crippen LogP contribution in [0.15, 0.2) is 12.4 Å². The lowest BCUT2D eigenvalue weighted by molar-refractivity contribution is -0.124. The minimum Gasteiger partial charge on any atom is -0.348 e. The Bertz CT molecular complexity index is 382. The van der Waals surface area contributed by atoms with Crippen molar-refractivity contribution in [3.8, 4) is 0 Å². The Morgan fingerprint density at radius 2 is 2.47 bits per heavy atom. The van der Waals surface area contributed by atoms with Crippen molar-refractivity contribution in [1.82, 2.24) is 20.4 Å². The molecule has 1 fully saturated rings. The predicted octanol–water partition coefficient (Wildman–Crippen LogP) is 0.739. The molecule has 1 aromatic rings. The molecule has 94 valence electrons. The van der Waals surface area contributed by atoms with E-state index < -0.39 is 0 Å². The molecule has 2 N–H and O–H groups in total. The van der Waals surface area contributed by atoms with Crippen LogP contribution in [0.25, 0.3) is 0 Å². The molecule has 17 heavy (non-hydrogen) atoms. The van der Waals surface area contributed by atoms with Crippen molar-refractivity contribution in [1.29, 1.82) is 0 Å². The molecule has 2 heterocycles. The quantitative estimate of drug-likeness (QED) is 0.814. The van der Waals surface area contributed by atoms with E-state index in [1.807, 2.05) is 20.2 Å². The van der Waals surface area contributed by atoms with Gasteiger partial charge in [0.1, 0.15) is 0 Å².